The number of hydrogen-bond donors (Lipinski definition) is 1. The van der Waals surface area contributed by atoms with Crippen molar-refractivity contribution in [2.24, 2.45) is 0 Å². The van der Waals surface area contributed by atoms with Crippen LogP contribution in [0.1, 0.15) is 10.5 Å². The van der Waals surface area contributed by atoms with Crippen molar-refractivity contribution in [3.8, 4) is 11.3 Å². The zero-order valence-electron chi connectivity index (χ0n) is 9.85. The molecular formula is C12H11FN2O3. The number of aromatic carboxylic acids is 1. The topological polar surface area (TPSA) is 66.6 Å². The summed E-state index contributed by atoms with van der Waals surface area (Å²) < 4.78 is 18.7. The number of rotatable bonds is 3. The number of carbonyl (C=O) groups is 1. The SMILES string of the molecule is CN(C)c1c(F)cccc1-c1cc(C(=O)O)no1. The van der Waals surface area contributed by atoms with Crippen LogP contribution in [0.15, 0.2) is 28.8 Å². The summed E-state index contributed by atoms with van der Waals surface area (Å²) in [6.45, 7) is 0. The lowest BCUT2D eigenvalue weighted by Crippen LogP contribution is -2.11. The molecule has 1 heterocycles. The van der Waals surface area contributed by atoms with Gasteiger partial charge in [-0.15, -0.1) is 0 Å². The van der Waals surface area contributed by atoms with Crippen LogP contribution in [0.25, 0.3) is 11.3 Å². The van der Waals surface area contributed by atoms with E-state index in [1.54, 1.807) is 25.1 Å². The number of benzene rings is 1. The van der Waals surface area contributed by atoms with E-state index in [9.17, 15) is 9.18 Å². The van der Waals surface area contributed by atoms with Crippen LogP contribution >= 0.6 is 0 Å². The molecule has 0 unspecified atom stereocenters. The minimum absolute atomic E-state index is 0.209. The monoisotopic (exact) mass is 250 g/mol. The third-order valence-electron chi connectivity index (χ3n) is 2.43. The Morgan fingerprint density at radius 3 is 2.72 bits per heavy atom. The molecule has 2 rings (SSSR count). The first-order chi connectivity index (χ1) is 8.50. The number of halogens is 1. The fourth-order valence-corrected chi connectivity index (χ4v) is 1.67. The summed E-state index contributed by atoms with van der Waals surface area (Å²) in [4.78, 5) is 12.3. The molecule has 1 aromatic heterocycles. The molecule has 0 radical (unpaired) electrons. The van der Waals surface area contributed by atoms with E-state index in [4.69, 9.17) is 9.63 Å². The average Bonchev–Trinajstić information content (AvgIpc) is 2.77. The molecule has 0 amide bonds. The van der Waals surface area contributed by atoms with E-state index in [2.05, 4.69) is 5.16 Å². The summed E-state index contributed by atoms with van der Waals surface area (Å²) in [5.41, 5.74) is 0.574. The van der Waals surface area contributed by atoms with E-state index in [0.717, 1.165) is 0 Å². The Kier molecular flexibility index (Phi) is 3.01. The first-order valence-electron chi connectivity index (χ1n) is 5.17. The van der Waals surface area contributed by atoms with E-state index in [1.165, 1.54) is 18.2 Å². The van der Waals surface area contributed by atoms with Crippen LogP contribution in [0.4, 0.5) is 10.1 Å². The third-order valence-corrected chi connectivity index (χ3v) is 2.43. The minimum atomic E-state index is -1.19. The highest BCUT2D eigenvalue weighted by molar-refractivity contribution is 5.87. The molecule has 0 atom stereocenters. The summed E-state index contributed by atoms with van der Waals surface area (Å²) in [5, 5.41) is 12.2. The molecule has 2 aromatic rings. The molecule has 0 saturated carbocycles. The zero-order chi connectivity index (χ0) is 13.3. The summed E-state index contributed by atoms with van der Waals surface area (Å²) in [6.07, 6.45) is 0. The van der Waals surface area contributed by atoms with Gasteiger partial charge >= 0.3 is 5.97 Å². The fraction of sp³-hybridized carbons (Fsp3) is 0.167. The fourth-order valence-electron chi connectivity index (χ4n) is 1.67. The van der Waals surface area contributed by atoms with Crippen LogP contribution in [0.5, 0.6) is 0 Å². The smallest absolute Gasteiger partial charge is 0.358 e. The van der Waals surface area contributed by atoms with Gasteiger partial charge < -0.3 is 14.5 Å². The van der Waals surface area contributed by atoms with Gasteiger partial charge in [-0.25, -0.2) is 9.18 Å². The number of para-hydroxylation sites is 1. The normalized spacial score (nSPS) is 10.4. The molecule has 94 valence electrons. The Bertz CT molecular complexity index is 593. The Labute approximate surface area is 102 Å². The molecule has 0 fully saturated rings. The van der Waals surface area contributed by atoms with Crippen molar-refractivity contribution in [3.63, 3.8) is 0 Å². The second-order valence-electron chi connectivity index (χ2n) is 3.91. The van der Waals surface area contributed by atoms with Gasteiger partial charge in [0.2, 0.25) is 0 Å². The molecule has 0 saturated heterocycles. The number of carboxylic acids is 1. The lowest BCUT2D eigenvalue weighted by Gasteiger charge is -2.16. The van der Waals surface area contributed by atoms with Crippen molar-refractivity contribution < 1.29 is 18.8 Å². The van der Waals surface area contributed by atoms with E-state index < -0.39 is 11.8 Å². The van der Waals surface area contributed by atoms with Gasteiger partial charge in [0, 0.05) is 25.7 Å². The Hall–Kier alpha value is -2.37. The maximum absolute atomic E-state index is 13.7. The van der Waals surface area contributed by atoms with Crippen LogP contribution < -0.4 is 4.90 Å². The second kappa shape index (κ2) is 4.48. The maximum Gasteiger partial charge on any atom is 0.358 e. The van der Waals surface area contributed by atoms with Gasteiger partial charge in [0.15, 0.2) is 11.5 Å². The molecule has 0 bridgehead atoms. The lowest BCUT2D eigenvalue weighted by molar-refractivity contribution is 0.0686. The summed E-state index contributed by atoms with van der Waals surface area (Å²) in [7, 11) is 3.38. The quantitative estimate of drug-likeness (QED) is 0.904. The summed E-state index contributed by atoms with van der Waals surface area (Å²) in [5.74, 6) is -1.38. The van der Waals surface area contributed by atoms with Gasteiger partial charge in [0.1, 0.15) is 5.82 Å². The number of carboxylic acid groups (broad SMARTS) is 1. The highest BCUT2D eigenvalue weighted by Gasteiger charge is 2.18. The minimum Gasteiger partial charge on any atom is -0.476 e. The van der Waals surface area contributed by atoms with Gasteiger partial charge in [-0.2, -0.15) is 0 Å². The van der Waals surface area contributed by atoms with E-state index in [1.807, 2.05) is 0 Å². The van der Waals surface area contributed by atoms with Crippen LogP contribution in [-0.2, 0) is 0 Å². The van der Waals surface area contributed by atoms with Crippen molar-refractivity contribution in [2.75, 3.05) is 19.0 Å². The van der Waals surface area contributed by atoms with Crippen molar-refractivity contribution >= 4 is 11.7 Å². The van der Waals surface area contributed by atoms with Gasteiger partial charge in [-0.05, 0) is 12.1 Å². The van der Waals surface area contributed by atoms with E-state index in [0.29, 0.717) is 11.3 Å². The number of aromatic nitrogens is 1. The largest absolute Gasteiger partial charge is 0.476 e. The average molecular weight is 250 g/mol. The molecule has 1 aromatic carbocycles. The number of nitrogens with zero attached hydrogens (tertiary/aromatic N) is 2. The summed E-state index contributed by atoms with van der Waals surface area (Å²) in [6, 6.07) is 5.77. The first kappa shape index (κ1) is 12.1. The molecule has 0 aliphatic carbocycles. The molecular weight excluding hydrogens is 239 g/mol. The van der Waals surface area contributed by atoms with Crippen LogP contribution in [0.3, 0.4) is 0 Å². The highest BCUT2D eigenvalue weighted by atomic mass is 19.1. The third kappa shape index (κ3) is 2.04. The highest BCUT2D eigenvalue weighted by Crippen LogP contribution is 2.32. The van der Waals surface area contributed by atoms with Crippen molar-refractivity contribution in [1.29, 1.82) is 0 Å². The second-order valence-corrected chi connectivity index (χ2v) is 3.91. The molecule has 0 aliphatic heterocycles. The van der Waals surface area contributed by atoms with Gasteiger partial charge in [0.25, 0.3) is 0 Å². The molecule has 0 aliphatic rings. The molecule has 18 heavy (non-hydrogen) atoms. The van der Waals surface area contributed by atoms with E-state index >= 15 is 0 Å². The van der Waals surface area contributed by atoms with Crippen LogP contribution in [0.2, 0.25) is 0 Å². The predicted molar refractivity (Wildman–Crippen MR) is 63.2 cm³/mol. The maximum atomic E-state index is 13.7. The molecule has 0 spiro atoms. The Balaban J connectivity index is 2.56. The zero-order valence-corrected chi connectivity index (χ0v) is 9.85. The van der Waals surface area contributed by atoms with Crippen LogP contribution in [-0.4, -0.2) is 30.3 Å². The molecule has 5 nitrogen and oxygen atoms in total. The van der Waals surface area contributed by atoms with E-state index in [-0.39, 0.29) is 11.5 Å². The van der Waals surface area contributed by atoms with Gasteiger partial charge in [-0.1, -0.05) is 11.2 Å². The molecule has 6 heteroatoms. The Morgan fingerprint density at radius 2 is 2.17 bits per heavy atom. The lowest BCUT2D eigenvalue weighted by atomic mass is 10.1. The van der Waals surface area contributed by atoms with Crippen molar-refractivity contribution in [3.05, 3.63) is 35.8 Å². The standard InChI is InChI=1S/C12H11FN2O3/c1-15(2)11-7(4-3-5-8(11)13)10-6-9(12(16)17)14-18-10/h3-6H,1-2H3,(H,16,17). The van der Waals surface area contributed by atoms with Crippen LogP contribution in [0, 0.1) is 5.82 Å². The Morgan fingerprint density at radius 1 is 1.44 bits per heavy atom. The van der Waals surface area contributed by atoms with Gasteiger partial charge in [-0.3, -0.25) is 0 Å². The van der Waals surface area contributed by atoms with Crippen molar-refractivity contribution in [2.45, 2.75) is 0 Å². The number of anilines is 1. The molecule has 1 N–H and O–H groups in total. The van der Waals surface area contributed by atoms with Gasteiger partial charge in [0.05, 0.1) is 5.69 Å². The first-order valence-corrected chi connectivity index (χ1v) is 5.17. The summed E-state index contributed by atoms with van der Waals surface area (Å²) >= 11 is 0. The van der Waals surface area contributed by atoms with Crippen molar-refractivity contribution in [1.82, 2.24) is 5.16 Å². The predicted octanol–water partition coefficient (Wildman–Crippen LogP) is 2.24. The number of hydrogen-bond acceptors (Lipinski definition) is 4.